The Kier molecular flexibility index (Phi) is 3.59. The van der Waals surface area contributed by atoms with Crippen LogP contribution in [0.25, 0.3) is 20.8 Å². The topological polar surface area (TPSA) is 68.0 Å². The van der Waals surface area contributed by atoms with Gasteiger partial charge in [-0.15, -0.1) is 11.3 Å². The number of nitrogens with zero attached hydrogens (tertiary/aromatic N) is 2. The average Bonchev–Trinajstić information content (AvgIpc) is 3.21. The van der Waals surface area contributed by atoms with E-state index in [1.54, 1.807) is 24.3 Å². The Morgan fingerprint density at radius 2 is 2.00 bits per heavy atom. The van der Waals surface area contributed by atoms with Crippen molar-refractivity contribution in [1.82, 2.24) is 10.1 Å². The maximum atomic E-state index is 12.2. The lowest BCUT2D eigenvalue weighted by molar-refractivity contribution is 0.0988. The molecular weight excluding hydrogens is 322 g/mol. The minimum Gasteiger partial charge on any atom is -0.351 e. The number of carbonyl (C=O) groups is 1. The zero-order chi connectivity index (χ0) is 16.5. The van der Waals surface area contributed by atoms with Crippen molar-refractivity contribution in [1.29, 1.82) is 0 Å². The highest BCUT2D eigenvalue weighted by Gasteiger charge is 2.13. The van der Waals surface area contributed by atoms with Crippen molar-refractivity contribution >= 4 is 33.1 Å². The molecule has 4 aromatic rings. The molecule has 1 N–H and O–H groups in total. The molecule has 0 saturated carbocycles. The summed E-state index contributed by atoms with van der Waals surface area (Å²) in [7, 11) is 0. The molecule has 0 aliphatic carbocycles. The van der Waals surface area contributed by atoms with Gasteiger partial charge in [0.1, 0.15) is 5.01 Å². The Hall–Kier alpha value is -2.99. The maximum absolute atomic E-state index is 12.2. The van der Waals surface area contributed by atoms with E-state index in [9.17, 15) is 4.79 Å². The molecule has 0 saturated heterocycles. The van der Waals surface area contributed by atoms with Gasteiger partial charge in [0.05, 0.1) is 15.9 Å². The molecule has 2 aromatic carbocycles. The number of thiazole rings is 1. The van der Waals surface area contributed by atoms with Crippen LogP contribution in [0.3, 0.4) is 0 Å². The average molecular weight is 335 g/mol. The summed E-state index contributed by atoms with van der Waals surface area (Å²) in [6.45, 7) is 1.77. The Morgan fingerprint density at radius 3 is 2.79 bits per heavy atom. The largest absolute Gasteiger partial charge is 0.351 e. The monoisotopic (exact) mass is 335 g/mol. The molecule has 4 rings (SSSR count). The molecule has 2 heterocycles. The number of amides is 1. The van der Waals surface area contributed by atoms with Crippen LogP contribution in [0.15, 0.2) is 59.1 Å². The van der Waals surface area contributed by atoms with Crippen molar-refractivity contribution < 1.29 is 9.32 Å². The molecule has 0 aliphatic heterocycles. The summed E-state index contributed by atoms with van der Waals surface area (Å²) < 4.78 is 6.12. The van der Waals surface area contributed by atoms with Crippen molar-refractivity contribution in [2.75, 3.05) is 5.32 Å². The third kappa shape index (κ3) is 2.79. The quantitative estimate of drug-likeness (QED) is 0.598. The first-order valence-corrected chi connectivity index (χ1v) is 8.21. The van der Waals surface area contributed by atoms with Crippen molar-refractivity contribution in [3.8, 4) is 10.6 Å². The number of fused-ring (bicyclic) bond motifs is 1. The van der Waals surface area contributed by atoms with Gasteiger partial charge in [-0.3, -0.25) is 4.79 Å². The lowest BCUT2D eigenvalue weighted by Gasteiger charge is -2.04. The second-order valence-electron chi connectivity index (χ2n) is 5.35. The van der Waals surface area contributed by atoms with Gasteiger partial charge >= 0.3 is 0 Å². The van der Waals surface area contributed by atoms with Crippen LogP contribution < -0.4 is 5.32 Å². The van der Waals surface area contributed by atoms with E-state index in [0.717, 1.165) is 20.8 Å². The molecule has 0 fully saturated rings. The summed E-state index contributed by atoms with van der Waals surface area (Å²) in [6.07, 6.45) is 0. The summed E-state index contributed by atoms with van der Waals surface area (Å²) in [5.41, 5.74) is 3.29. The molecule has 5 nitrogen and oxygen atoms in total. The van der Waals surface area contributed by atoms with E-state index in [4.69, 9.17) is 4.52 Å². The van der Waals surface area contributed by atoms with Crippen LogP contribution in [-0.4, -0.2) is 16.0 Å². The second kappa shape index (κ2) is 5.90. The van der Waals surface area contributed by atoms with E-state index in [1.807, 2.05) is 48.5 Å². The van der Waals surface area contributed by atoms with E-state index in [1.165, 1.54) is 0 Å². The lowest BCUT2D eigenvalue weighted by Crippen LogP contribution is -2.10. The van der Waals surface area contributed by atoms with E-state index >= 15 is 0 Å². The summed E-state index contributed by atoms with van der Waals surface area (Å²) in [5, 5.41) is 7.46. The van der Waals surface area contributed by atoms with E-state index in [0.29, 0.717) is 11.4 Å². The van der Waals surface area contributed by atoms with Crippen molar-refractivity contribution in [3.63, 3.8) is 0 Å². The first-order valence-electron chi connectivity index (χ1n) is 7.40. The van der Waals surface area contributed by atoms with Crippen LogP contribution in [0, 0.1) is 6.92 Å². The fraction of sp³-hybridized carbons (Fsp3) is 0.0556. The highest BCUT2D eigenvalue weighted by atomic mass is 32.1. The lowest BCUT2D eigenvalue weighted by atomic mass is 10.2. The van der Waals surface area contributed by atoms with Gasteiger partial charge in [-0.2, -0.15) is 0 Å². The normalized spacial score (nSPS) is 10.9. The third-order valence-electron chi connectivity index (χ3n) is 3.51. The van der Waals surface area contributed by atoms with Crippen LogP contribution in [0.1, 0.15) is 16.2 Å². The standard InChI is InChI=1S/C18H13N3O2S/c1-11-9-15(23-21-11)17(22)19-13-6-4-5-12(10-13)18-20-14-7-2-3-8-16(14)24-18/h2-10H,1H3,(H,19,22). The van der Waals surface area contributed by atoms with Crippen molar-refractivity contribution in [2.24, 2.45) is 0 Å². The number of carbonyl (C=O) groups excluding carboxylic acids is 1. The van der Waals surface area contributed by atoms with Gasteiger partial charge in [-0.25, -0.2) is 4.98 Å². The van der Waals surface area contributed by atoms with Crippen LogP contribution in [0.5, 0.6) is 0 Å². The zero-order valence-electron chi connectivity index (χ0n) is 12.8. The summed E-state index contributed by atoms with van der Waals surface area (Å²) >= 11 is 1.63. The molecule has 2 aromatic heterocycles. The minimum absolute atomic E-state index is 0.192. The Labute approximate surface area is 141 Å². The first-order chi connectivity index (χ1) is 11.7. The van der Waals surface area contributed by atoms with Crippen LogP contribution in [0.2, 0.25) is 0 Å². The molecule has 24 heavy (non-hydrogen) atoms. The number of para-hydroxylation sites is 1. The number of aryl methyl sites for hydroxylation is 1. The number of hydrogen-bond acceptors (Lipinski definition) is 5. The predicted molar refractivity (Wildman–Crippen MR) is 94.2 cm³/mol. The van der Waals surface area contributed by atoms with Gasteiger partial charge in [0.2, 0.25) is 5.76 Å². The van der Waals surface area contributed by atoms with Gasteiger partial charge in [0.25, 0.3) is 5.91 Å². The van der Waals surface area contributed by atoms with Crippen LogP contribution in [0.4, 0.5) is 5.69 Å². The van der Waals surface area contributed by atoms with Gasteiger partial charge in [-0.05, 0) is 31.2 Å². The molecule has 1 amide bonds. The highest BCUT2D eigenvalue weighted by molar-refractivity contribution is 7.21. The first kappa shape index (κ1) is 14.6. The van der Waals surface area contributed by atoms with Gasteiger partial charge in [0, 0.05) is 17.3 Å². The summed E-state index contributed by atoms with van der Waals surface area (Å²) in [4.78, 5) is 16.8. The predicted octanol–water partition coefficient (Wildman–Crippen LogP) is 4.51. The number of anilines is 1. The fourth-order valence-electron chi connectivity index (χ4n) is 2.39. The molecule has 0 spiro atoms. The molecule has 6 heteroatoms. The summed E-state index contributed by atoms with van der Waals surface area (Å²) in [5.74, 6) is -0.130. The maximum Gasteiger partial charge on any atom is 0.294 e. The Morgan fingerprint density at radius 1 is 1.12 bits per heavy atom. The van der Waals surface area contributed by atoms with Crippen molar-refractivity contribution in [3.05, 3.63) is 66.1 Å². The third-order valence-corrected chi connectivity index (χ3v) is 4.60. The van der Waals surface area contributed by atoms with Crippen molar-refractivity contribution in [2.45, 2.75) is 6.92 Å². The zero-order valence-corrected chi connectivity index (χ0v) is 13.6. The van der Waals surface area contributed by atoms with Gasteiger partial charge in [-0.1, -0.05) is 29.4 Å². The highest BCUT2D eigenvalue weighted by Crippen LogP contribution is 2.31. The van der Waals surface area contributed by atoms with Gasteiger partial charge < -0.3 is 9.84 Å². The number of nitrogens with one attached hydrogen (secondary N) is 1. The van der Waals surface area contributed by atoms with Crippen LogP contribution in [-0.2, 0) is 0 Å². The molecule has 0 aliphatic rings. The van der Waals surface area contributed by atoms with Gasteiger partial charge in [0.15, 0.2) is 0 Å². The Bertz CT molecular complexity index is 1000. The fourth-order valence-corrected chi connectivity index (χ4v) is 3.35. The number of aromatic nitrogens is 2. The minimum atomic E-state index is -0.322. The van der Waals surface area contributed by atoms with Crippen LogP contribution >= 0.6 is 11.3 Å². The number of hydrogen-bond donors (Lipinski definition) is 1. The Balaban J connectivity index is 1.62. The van der Waals surface area contributed by atoms with E-state index < -0.39 is 0 Å². The molecule has 0 bridgehead atoms. The summed E-state index contributed by atoms with van der Waals surface area (Å²) in [6, 6.07) is 17.2. The smallest absolute Gasteiger partial charge is 0.294 e. The molecule has 0 radical (unpaired) electrons. The van der Waals surface area contributed by atoms with E-state index in [2.05, 4.69) is 15.5 Å². The molecular formula is C18H13N3O2S. The number of rotatable bonds is 3. The van der Waals surface area contributed by atoms with E-state index in [-0.39, 0.29) is 11.7 Å². The molecule has 118 valence electrons. The second-order valence-corrected chi connectivity index (χ2v) is 6.38. The SMILES string of the molecule is Cc1cc(C(=O)Nc2cccc(-c3nc4ccccc4s3)c2)on1. The molecule has 0 unspecified atom stereocenters. The number of benzene rings is 2. The molecule has 0 atom stereocenters.